The first-order valence-electron chi connectivity index (χ1n) is 9.79. The fourth-order valence-electron chi connectivity index (χ4n) is 2.66. The number of hydrogen-bond acceptors (Lipinski definition) is 3. The molecule has 0 saturated carbocycles. The number of halogens is 3. The molecule has 2 N–H and O–H groups in total. The molecule has 170 valence electrons. The van der Waals surface area contributed by atoms with Crippen LogP contribution in [-0.4, -0.2) is 57.5 Å². The fraction of sp³-hybridized carbons (Fsp3) is 0.364. The average molecular weight is 545 g/mol. The molecule has 6 nitrogen and oxygen atoms in total. The van der Waals surface area contributed by atoms with Crippen molar-refractivity contribution in [3.8, 4) is 0 Å². The Balaban J connectivity index is 0.00000480. The van der Waals surface area contributed by atoms with Crippen LogP contribution in [0.4, 0.5) is 14.5 Å². The number of guanidine groups is 1. The Bertz CT molecular complexity index is 849. The van der Waals surface area contributed by atoms with Crippen LogP contribution in [0.15, 0.2) is 53.5 Å². The highest BCUT2D eigenvalue weighted by molar-refractivity contribution is 14.0. The molecule has 9 heteroatoms. The molecule has 0 spiro atoms. The Labute approximate surface area is 199 Å². The van der Waals surface area contributed by atoms with Crippen molar-refractivity contribution in [1.82, 2.24) is 15.5 Å². The molecule has 0 aliphatic heterocycles. The topological polar surface area (TPSA) is 60.0 Å². The summed E-state index contributed by atoms with van der Waals surface area (Å²) in [6, 6.07) is 13.3. The molecule has 0 aromatic heterocycles. The predicted octanol–water partition coefficient (Wildman–Crippen LogP) is 3.23. The molecule has 0 unspecified atom stereocenters. The number of amides is 1. The number of carbonyl (C=O) groups is 1. The van der Waals surface area contributed by atoms with Crippen LogP contribution >= 0.6 is 24.0 Å². The molecule has 0 aliphatic rings. The number of nitrogens with zero attached hydrogens (tertiary/aromatic N) is 3. The largest absolute Gasteiger partial charge is 0.375 e. The monoisotopic (exact) mass is 545 g/mol. The van der Waals surface area contributed by atoms with Crippen molar-refractivity contribution in [2.75, 3.05) is 45.7 Å². The summed E-state index contributed by atoms with van der Waals surface area (Å²) in [7, 11) is 5.34. The van der Waals surface area contributed by atoms with E-state index in [0.717, 1.165) is 36.9 Å². The third-order valence-corrected chi connectivity index (χ3v) is 4.48. The van der Waals surface area contributed by atoms with Gasteiger partial charge in [-0.3, -0.25) is 4.79 Å². The lowest BCUT2D eigenvalue weighted by atomic mass is 10.2. The van der Waals surface area contributed by atoms with E-state index in [1.165, 1.54) is 4.90 Å². The van der Waals surface area contributed by atoms with Crippen LogP contribution in [0.3, 0.4) is 0 Å². The van der Waals surface area contributed by atoms with Gasteiger partial charge in [0.1, 0.15) is 11.6 Å². The highest BCUT2D eigenvalue weighted by atomic mass is 127. The normalized spacial score (nSPS) is 10.8. The van der Waals surface area contributed by atoms with Crippen molar-refractivity contribution in [2.45, 2.75) is 13.0 Å². The van der Waals surface area contributed by atoms with Crippen molar-refractivity contribution < 1.29 is 13.6 Å². The molecule has 2 aromatic carbocycles. The predicted molar refractivity (Wildman–Crippen MR) is 132 cm³/mol. The van der Waals surface area contributed by atoms with Gasteiger partial charge in [0.2, 0.25) is 5.91 Å². The molecule has 2 rings (SSSR count). The summed E-state index contributed by atoms with van der Waals surface area (Å²) < 4.78 is 27.2. The summed E-state index contributed by atoms with van der Waals surface area (Å²) in [5.41, 5.74) is 1.28. The van der Waals surface area contributed by atoms with Crippen molar-refractivity contribution in [3.63, 3.8) is 0 Å². The van der Waals surface area contributed by atoms with Crippen LogP contribution in [0.25, 0.3) is 0 Å². The van der Waals surface area contributed by atoms with E-state index in [9.17, 15) is 13.6 Å². The van der Waals surface area contributed by atoms with Gasteiger partial charge in [-0.15, -0.1) is 24.0 Å². The second kappa shape index (κ2) is 13.8. The molecule has 1 amide bonds. The van der Waals surface area contributed by atoms with Gasteiger partial charge in [-0.2, -0.15) is 0 Å². The third-order valence-electron chi connectivity index (χ3n) is 4.48. The van der Waals surface area contributed by atoms with E-state index >= 15 is 0 Å². The minimum Gasteiger partial charge on any atom is -0.375 e. The van der Waals surface area contributed by atoms with Gasteiger partial charge in [-0.05, 0) is 36.8 Å². The highest BCUT2D eigenvalue weighted by Crippen LogP contribution is 2.11. The van der Waals surface area contributed by atoms with Crippen molar-refractivity contribution in [2.24, 2.45) is 4.99 Å². The third kappa shape index (κ3) is 9.50. The molecule has 0 aliphatic carbocycles. The Morgan fingerprint density at radius 1 is 1.03 bits per heavy atom. The first-order valence-corrected chi connectivity index (χ1v) is 9.79. The van der Waals surface area contributed by atoms with Crippen LogP contribution in [0, 0.1) is 11.6 Å². The number of benzene rings is 2. The lowest BCUT2D eigenvalue weighted by molar-refractivity contribution is -0.127. The highest BCUT2D eigenvalue weighted by Gasteiger charge is 2.08. The van der Waals surface area contributed by atoms with Crippen molar-refractivity contribution >= 4 is 41.5 Å². The first-order chi connectivity index (χ1) is 14.4. The Hall–Kier alpha value is -2.43. The van der Waals surface area contributed by atoms with Gasteiger partial charge in [-0.1, -0.05) is 18.2 Å². The second-order valence-corrected chi connectivity index (χ2v) is 7.08. The van der Waals surface area contributed by atoms with E-state index in [2.05, 4.69) is 20.5 Å². The van der Waals surface area contributed by atoms with E-state index in [-0.39, 0.29) is 48.5 Å². The van der Waals surface area contributed by atoms with Crippen LogP contribution in [-0.2, 0) is 11.3 Å². The maximum absolute atomic E-state index is 13.9. The average Bonchev–Trinajstić information content (AvgIpc) is 2.74. The van der Waals surface area contributed by atoms with Crippen LogP contribution < -0.4 is 15.5 Å². The Morgan fingerprint density at radius 2 is 1.74 bits per heavy atom. The molecule has 0 heterocycles. The molecular weight excluding hydrogens is 515 g/mol. The minimum atomic E-state index is -0.520. The lowest BCUT2D eigenvalue weighted by Crippen LogP contribution is -2.43. The SMILES string of the molecule is CN(C)C(=O)CNC(=NCc1cc(F)ccc1F)NCCCN(C)c1ccccc1.I. The molecule has 0 fully saturated rings. The minimum absolute atomic E-state index is 0. The Morgan fingerprint density at radius 3 is 2.42 bits per heavy atom. The zero-order chi connectivity index (χ0) is 21.9. The maximum atomic E-state index is 13.9. The van der Waals surface area contributed by atoms with Gasteiger partial charge in [0.25, 0.3) is 0 Å². The molecule has 0 saturated heterocycles. The summed E-state index contributed by atoms with van der Waals surface area (Å²) in [5.74, 6) is -0.786. The van der Waals surface area contributed by atoms with Crippen LogP contribution in [0.1, 0.15) is 12.0 Å². The molecule has 2 aromatic rings. The Kier molecular flexibility index (Phi) is 11.8. The van der Waals surface area contributed by atoms with E-state index in [1.807, 2.05) is 37.4 Å². The van der Waals surface area contributed by atoms with E-state index in [1.54, 1.807) is 14.1 Å². The standard InChI is InChI=1S/C22H29F2N5O.HI/c1-28(2)21(30)16-27-22(26-15-17-14-18(23)10-11-20(17)24)25-12-7-13-29(3)19-8-5-4-6-9-19;/h4-6,8-11,14H,7,12-13,15-16H2,1-3H3,(H2,25,26,27);1H. The smallest absolute Gasteiger partial charge is 0.241 e. The number of rotatable bonds is 9. The van der Waals surface area contributed by atoms with Gasteiger partial charge in [0.05, 0.1) is 13.1 Å². The maximum Gasteiger partial charge on any atom is 0.241 e. The molecule has 0 bridgehead atoms. The van der Waals surface area contributed by atoms with E-state index < -0.39 is 11.6 Å². The second-order valence-electron chi connectivity index (χ2n) is 7.08. The molecule has 31 heavy (non-hydrogen) atoms. The van der Waals surface area contributed by atoms with Gasteiger partial charge < -0.3 is 20.4 Å². The number of likely N-dealkylation sites (N-methyl/N-ethyl adjacent to an activating group) is 1. The van der Waals surface area contributed by atoms with Gasteiger partial charge in [0.15, 0.2) is 5.96 Å². The summed E-state index contributed by atoms with van der Waals surface area (Å²) in [5, 5.41) is 6.09. The summed E-state index contributed by atoms with van der Waals surface area (Å²) >= 11 is 0. The molecular formula is C22H30F2IN5O. The van der Waals surface area contributed by atoms with Crippen LogP contribution in [0.2, 0.25) is 0 Å². The van der Waals surface area contributed by atoms with E-state index in [4.69, 9.17) is 0 Å². The quantitative estimate of drug-likeness (QED) is 0.220. The van der Waals surface area contributed by atoms with Gasteiger partial charge in [-0.25, -0.2) is 13.8 Å². The number of anilines is 1. The van der Waals surface area contributed by atoms with Crippen LogP contribution in [0.5, 0.6) is 0 Å². The number of aliphatic imine (C=N–C) groups is 1. The van der Waals surface area contributed by atoms with Gasteiger partial charge in [0, 0.05) is 45.5 Å². The zero-order valence-electron chi connectivity index (χ0n) is 18.1. The van der Waals surface area contributed by atoms with Crippen molar-refractivity contribution in [1.29, 1.82) is 0 Å². The number of nitrogens with one attached hydrogen (secondary N) is 2. The zero-order valence-corrected chi connectivity index (χ0v) is 20.4. The summed E-state index contributed by atoms with van der Waals surface area (Å²) in [6.45, 7) is 1.43. The van der Waals surface area contributed by atoms with E-state index in [0.29, 0.717) is 12.5 Å². The number of para-hydroxylation sites is 1. The first kappa shape index (κ1) is 26.6. The number of carbonyl (C=O) groups excluding carboxylic acids is 1. The fourth-order valence-corrected chi connectivity index (χ4v) is 2.66. The molecule has 0 atom stereocenters. The van der Waals surface area contributed by atoms with Gasteiger partial charge >= 0.3 is 0 Å². The molecule has 0 radical (unpaired) electrons. The summed E-state index contributed by atoms with van der Waals surface area (Å²) in [4.78, 5) is 19.8. The van der Waals surface area contributed by atoms with Crippen molar-refractivity contribution in [3.05, 3.63) is 65.7 Å². The summed E-state index contributed by atoms with van der Waals surface area (Å²) in [6.07, 6.45) is 0.821. The lowest BCUT2D eigenvalue weighted by Gasteiger charge is -2.20. The number of hydrogen-bond donors (Lipinski definition) is 2.